The highest BCUT2D eigenvalue weighted by molar-refractivity contribution is 6.05. The maximum absolute atomic E-state index is 13.9. The zero-order chi connectivity index (χ0) is 14.9. The Kier molecular flexibility index (Phi) is 2.18. The summed E-state index contributed by atoms with van der Waals surface area (Å²) in [6, 6.07) is -0.873. The predicted octanol–water partition coefficient (Wildman–Crippen LogP) is 1.29. The van der Waals surface area contributed by atoms with E-state index in [9.17, 15) is 23.5 Å². The molecule has 0 radical (unpaired) electrons. The molecule has 9 heteroatoms. The second kappa shape index (κ2) is 3.76. The Morgan fingerprint density at radius 1 is 1.38 bits per heavy atom. The van der Waals surface area contributed by atoms with Crippen molar-refractivity contribution in [1.29, 1.82) is 0 Å². The number of carbonyl (C=O) groups is 2. The van der Waals surface area contributed by atoms with E-state index in [2.05, 4.69) is 5.16 Å². The van der Waals surface area contributed by atoms with Gasteiger partial charge in [0.15, 0.2) is 17.9 Å². The zero-order valence-corrected chi connectivity index (χ0v) is 10.2. The van der Waals surface area contributed by atoms with Crippen LogP contribution in [0.15, 0.2) is 4.52 Å². The highest BCUT2D eigenvalue weighted by atomic mass is 19.2. The number of hydrogen-bond donors (Lipinski definition) is 1. The Hall–Kier alpha value is -2.55. The average Bonchev–Trinajstić information content (AvgIpc) is 3.05. The number of aldehydes is 1. The molecule has 1 amide bonds. The van der Waals surface area contributed by atoms with Gasteiger partial charge >= 0.3 is 6.09 Å². The van der Waals surface area contributed by atoms with Crippen LogP contribution in [0.1, 0.15) is 22.0 Å². The van der Waals surface area contributed by atoms with Crippen LogP contribution in [-0.4, -0.2) is 35.3 Å². The molecule has 0 spiro atoms. The summed E-state index contributed by atoms with van der Waals surface area (Å²) >= 11 is 0. The summed E-state index contributed by atoms with van der Waals surface area (Å²) < 4.78 is 37.3. The molecule has 0 aliphatic carbocycles. The van der Waals surface area contributed by atoms with Crippen LogP contribution in [-0.2, 0) is 4.74 Å². The largest absolute Gasteiger partial charge is 0.447 e. The number of halogens is 2. The van der Waals surface area contributed by atoms with Gasteiger partial charge < -0.3 is 14.4 Å². The molecule has 1 N–H and O–H groups in total. The lowest BCUT2D eigenvalue weighted by molar-refractivity contribution is 0.109. The number of cyclic esters (lactones) is 1. The molecule has 2 aliphatic rings. The van der Waals surface area contributed by atoms with Gasteiger partial charge in [0.1, 0.15) is 18.8 Å². The van der Waals surface area contributed by atoms with Crippen molar-refractivity contribution in [3.8, 4) is 0 Å². The van der Waals surface area contributed by atoms with Gasteiger partial charge in [0.25, 0.3) is 0 Å². The van der Waals surface area contributed by atoms with Gasteiger partial charge in [-0.15, -0.1) is 0 Å². The van der Waals surface area contributed by atoms with Gasteiger partial charge in [0, 0.05) is 5.56 Å². The minimum Gasteiger partial charge on any atom is -0.447 e. The number of rotatable bonds is 1. The lowest BCUT2D eigenvalue weighted by Gasteiger charge is -2.29. The van der Waals surface area contributed by atoms with Crippen LogP contribution in [0.3, 0.4) is 0 Å². The summed E-state index contributed by atoms with van der Waals surface area (Å²) in [7, 11) is 0. The molecule has 21 heavy (non-hydrogen) atoms. The van der Waals surface area contributed by atoms with Crippen molar-refractivity contribution in [3.05, 3.63) is 22.8 Å². The molecule has 1 aromatic heterocycles. The minimum absolute atomic E-state index is 0.0974. The number of ether oxygens (including phenoxy) is 1. The molecule has 2 aromatic rings. The number of aliphatic hydroxyl groups excluding tert-OH is 1. The van der Waals surface area contributed by atoms with Crippen LogP contribution >= 0.6 is 0 Å². The van der Waals surface area contributed by atoms with E-state index in [1.54, 1.807) is 0 Å². The summed E-state index contributed by atoms with van der Waals surface area (Å²) in [5, 5.41) is 13.8. The first-order valence-electron chi connectivity index (χ1n) is 5.95. The van der Waals surface area contributed by atoms with E-state index in [0.717, 1.165) is 4.90 Å². The molecule has 0 unspecified atom stereocenters. The van der Waals surface area contributed by atoms with Crippen LogP contribution in [0.4, 0.5) is 19.4 Å². The molecular weight excluding hydrogens is 290 g/mol. The van der Waals surface area contributed by atoms with E-state index in [4.69, 9.17) is 9.26 Å². The molecule has 1 fully saturated rings. The van der Waals surface area contributed by atoms with Crippen molar-refractivity contribution in [3.63, 3.8) is 0 Å². The van der Waals surface area contributed by atoms with Crippen molar-refractivity contribution >= 4 is 29.2 Å². The van der Waals surface area contributed by atoms with Crippen molar-refractivity contribution in [2.45, 2.75) is 12.1 Å². The number of nitrogens with zero attached hydrogens (tertiary/aromatic N) is 2. The van der Waals surface area contributed by atoms with Crippen molar-refractivity contribution < 1.29 is 32.7 Å². The van der Waals surface area contributed by atoms with E-state index >= 15 is 0 Å². The normalized spacial score (nSPS) is 23.4. The fourth-order valence-electron chi connectivity index (χ4n) is 2.84. The first-order chi connectivity index (χ1) is 10.1. The summed E-state index contributed by atoms with van der Waals surface area (Å²) in [4.78, 5) is 23.8. The minimum atomic E-state index is -1.42. The van der Waals surface area contributed by atoms with E-state index in [1.165, 1.54) is 0 Å². The quantitative estimate of drug-likeness (QED) is 0.797. The van der Waals surface area contributed by atoms with E-state index in [0.29, 0.717) is 0 Å². The lowest BCUT2D eigenvalue weighted by atomic mass is 9.90. The fraction of sp³-hybridized carbons (Fsp3) is 0.250. The first kappa shape index (κ1) is 12.2. The number of fused-ring (bicyclic) bond motifs is 2. The molecule has 0 saturated carbocycles. The fourth-order valence-corrected chi connectivity index (χ4v) is 2.84. The summed E-state index contributed by atoms with van der Waals surface area (Å²) in [6.45, 7) is -0.162. The molecule has 108 valence electrons. The second-order valence-electron chi connectivity index (χ2n) is 4.74. The smallest absolute Gasteiger partial charge is 0.416 e. The molecule has 3 heterocycles. The number of aromatic nitrogens is 1. The molecule has 4 rings (SSSR count). The SMILES string of the molecule is O=Cc1c(F)c(F)c2onc3c2c1[C@@H](O)[C@H]1COC(=O)N31. The Morgan fingerprint density at radius 2 is 2.14 bits per heavy atom. The van der Waals surface area contributed by atoms with Crippen LogP contribution < -0.4 is 4.90 Å². The zero-order valence-electron chi connectivity index (χ0n) is 10.2. The Labute approximate surface area is 114 Å². The molecule has 1 aromatic carbocycles. The monoisotopic (exact) mass is 296 g/mol. The topological polar surface area (TPSA) is 92.9 Å². The third-order valence-electron chi connectivity index (χ3n) is 3.77. The van der Waals surface area contributed by atoms with Gasteiger partial charge in [0.2, 0.25) is 11.4 Å². The Balaban J connectivity index is 2.17. The van der Waals surface area contributed by atoms with Crippen molar-refractivity contribution in [2.24, 2.45) is 0 Å². The molecule has 2 atom stereocenters. The first-order valence-corrected chi connectivity index (χ1v) is 5.95. The number of carbonyl (C=O) groups excluding carboxylic acids is 2. The molecule has 7 nitrogen and oxygen atoms in total. The van der Waals surface area contributed by atoms with Crippen LogP contribution in [0, 0.1) is 11.6 Å². The van der Waals surface area contributed by atoms with Gasteiger partial charge in [-0.3, -0.25) is 4.79 Å². The Morgan fingerprint density at radius 3 is 2.86 bits per heavy atom. The van der Waals surface area contributed by atoms with Crippen molar-refractivity contribution in [2.75, 3.05) is 11.5 Å². The van der Waals surface area contributed by atoms with E-state index < -0.39 is 41.0 Å². The molecule has 1 saturated heterocycles. The summed E-state index contributed by atoms with van der Waals surface area (Å²) in [5.41, 5.74) is -1.31. The average molecular weight is 296 g/mol. The molecule has 2 aliphatic heterocycles. The van der Waals surface area contributed by atoms with Gasteiger partial charge in [-0.25, -0.2) is 14.1 Å². The molecule has 0 bridgehead atoms. The van der Waals surface area contributed by atoms with Crippen LogP contribution in [0.2, 0.25) is 0 Å². The number of benzene rings is 1. The summed E-state index contributed by atoms with van der Waals surface area (Å²) in [5.74, 6) is -2.92. The second-order valence-corrected chi connectivity index (χ2v) is 4.74. The van der Waals surface area contributed by atoms with Gasteiger partial charge in [-0.05, 0) is 0 Å². The third-order valence-corrected chi connectivity index (χ3v) is 3.77. The lowest BCUT2D eigenvalue weighted by Crippen LogP contribution is -2.41. The van der Waals surface area contributed by atoms with Crippen molar-refractivity contribution in [1.82, 2.24) is 5.16 Å². The van der Waals surface area contributed by atoms with Gasteiger partial charge in [0.05, 0.1) is 10.9 Å². The van der Waals surface area contributed by atoms with Gasteiger partial charge in [-0.2, -0.15) is 4.39 Å². The maximum atomic E-state index is 13.9. The maximum Gasteiger partial charge on any atom is 0.416 e. The van der Waals surface area contributed by atoms with E-state index in [1.807, 2.05) is 0 Å². The summed E-state index contributed by atoms with van der Waals surface area (Å²) in [6.07, 6.45) is -2.08. The highest BCUT2D eigenvalue weighted by Gasteiger charge is 2.48. The van der Waals surface area contributed by atoms with Gasteiger partial charge in [-0.1, -0.05) is 5.16 Å². The number of anilines is 1. The van der Waals surface area contributed by atoms with Crippen LogP contribution in [0.25, 0.3) is 11.0 Å². The number of amides is 1. The Bertz CT molecular complexity index is 818. The predicted molar refractivity (Wildman–Crippen MR) is 61.9 cm³/mol. The standard InChI is InChI=1S/C12H6F2N2O5/c13-7-3(1-17)5-6-10(8(7)14)21-15-11(6)16-4(9(5)18)2-20-12(16)19/h1,4,9,18H,2H2/t4-,9+/m1/s1. The van der Waals surface area contributed by atoms with Crippen LogP contribution in [0.5, 0.6) is 0 Å². The number of hydrogen-bond acceptors (Lipinski definition) is 6. The third kappa shape index (κ3) is 1.26. The highest BCUT2D eigenvalue weighted by Crippen LogP contribution is 2.46. The van der Waals surface area contributed by atoms with E-state index in [-0.39, 0.29) is 29.7 Å². The number of aliphatic hydroxyl groups is 1. The molecular formula is C12H6F2N2O5.